The second-order valence-electron chi connectivity index (χ2n) is 6.36. The molecule has 0 bridgehead atoms. The van der Waals surface area contributed by atoms with Gasteiger partial charge >= 0.3 is 12.2 Å². The number of amides is 2. The van der Waals surface area contributed by atoms with E-state index in [1.807, 2.05) is 0 Å². The number of rotatable bonds is 3. The Labute approximate surface area is 154 Å². The fourth-order valence-electron chi connectivity index (χ4n) is 2.99. The van der Waals surface area contributed by atoms with Gasteiger partial charge in [-0.1, -0.05) is 24.3 Å². The van der Waals surface area contributed by atoms with Crippen LogP contribution in [0.15, 0.2) is 48.5 Å². The molecule has 3 rings (SSSR count). The van der Waals surface area contributed by atoms with Crippen molar-refractivity contribution in [3.8, 4) is 0 Å². The summed E-state index contributed by atoms with van der Waals surface area (Å²) in [5, 5.41) is 2.36. The Balaban J connectivity index is 1.55. The largest absolute Gasteiger partial charge is 0.418 e. The molecule has 1 aliphatic heterocycles. The summed E-state index contributed by atoms with van der Waals surface area (Å²) < 4.78 is 52.0. The summed E-state index contributed by atoms with van der Waals surface area (Å²) in [6, 6.07) is 10.6. The average Bonchev–Trinajstić information content (AvgIpc) is 2.64. The average molecular weight is 381 g/mol. The van der Waals surface area contributed by atoms with Crippen LogP contribution in [0, 0.1) is 5.82 Å². The molecule has 2 amide bonds. The summed E-state index contributed by atoms with van der Waals surface area (Å²) in [6.45, 7) is 2.62. The molecule has 1 N–H and O–H groups in total. The predicted octanol–water partition coefficient (Wildman–Crippen LogP) is 4.19. The third-order valence-corrected chi connectivity index (χ3v) is 4.45. The zero-order valence-electron chi connectivity index (χ0n) is 14.5. The van der Waals surface area contributed by atoms with E-state index in [-0.39, 0.29) is 11.5 Å². The molecule has 0 aromatic heterocycles. The topological polar surface area (TPSA) is 35.6 Å². The van der Waals surface area contributed by atoms with Crippen LogP contribution in [-0.4, -0.2) is 42.0 Å². The fraction of sp³-hybridized carbons (Fsp3) is 0.316. The second-order valence-corrected chi connectivity index (χ2v) is 6.36. The van der Waals surface area contributed by atoms with Crippen LogP contribution in [0.2, 0.25) is 0 Å². The van der Waals surface area contributed by atoms with E-state index in [1.165, 1.54) is 35.2 Å². The van der Waals surface area contributed by atoms with Gasteiger partial charge in [0.15, 0.2) is 0 Å². The smallest absolute Gasteiger partial charge is 0.322 e. The zero-order chi connectivity index (χ0) is 19.4. The molecule has 0 spiro atoms. The number of carbonyl (C=O) groups is 1. The van der Waals surface area contributed by atoms with Crippen molar-refractivity contribution in [3.63, 3.8) is 0 Å². The Morgan fingerprint density at radius 3 is 2.22 bits per heavy atom. The lowest BCUT2D eigenvalue weighted by molar-refractivity contribution is -0.136. The Hall–Kier alpha value is -2.61. The van der Waals surface area contributed by atoms with Gasteiger partial charge in [-0.3, -0.25) is 4.90 Å². The zero-order valence-corrected chi connectivity index (χ0v) is 14.5. The van der Waals surface area contributed by atoms with E-state index in [9.17, 15) is 22.4 Å². The van der Waals surface area contributed by atoms with Crippen molar-refractivity contribution in [2.24, 2.45) is 0 Å². The van der Waals surface area contributed by atoms with E-state index in [1.54, 1.807) is 12.1 Å². The van der Waals surface area contributed by atoms with Crippen molar-refractivity contribution in [1.82, 2.24) is 9.80 Å². The molecule has 1 aliphatic rings. The number of para-hydroxylation sites is 1. The molecular formula is C19H19F4N3O. The maximum absolute atomic E-state index is 13.0. The Morgan fingerprint density at radius 1 is 0.963 bits per heavy atom. The molecule has 1 fully saturated rings. The van der Waals surface area contributed by atoms with Crippen LogP contribution in [0.3, 0.4) is 0 Å². The molecule has 2 aromatic carbocycles. The third kappa shape index (κ3) is 4.97. The highest BCUT2D eigenvalue weighted by Gasteiger charge is 2.34. The molecule has 0 aliphatic carbocycles. The van der Waals surface area contributed by atoms with Crippen molar-refractivity contribution in [2.45, 2.75) is 12.7 Å². The molecule has 1 heterocycles. The number of anilines is 1. The Bertz CT molecular complexity index is 784. The normalized spacial score (nSPS) is 15.6. The molecule has 0 saturated carbocycles. The highest BCUT2D eigenvalue weighted by atomic mass is 19.4. The van der Waals surface area contributed by atoms with Crippen LogP contribution in [0.4, 0.5) is 28.0 Å². The monoisotopic (exact) mass is 381 g/mol. The first kappa shape index (κ1) is 19.2. The summed E-state index contributed by atoms with van der Waals surface area (Å²) in [5.41, 5.74) is -0.148. The number of halogens is 4. The number of piperazine rings is 1. The van der Waals surface area contributed by atoms with Gasteiger partial charge in [0.05, 0.1) is 11.3 Å². The molecule has 0 radical (unpaired) electrons. The Kier molecular flexibility index (Phi) is 5.65. The predicted molar refractivity (Wildman–Crippen MR) is 93.7 cm³/mol. The first-order chi connectivity index (χ1) is 12.8. The second kappa shape index (κ2) is 7.96. The van der Waals surface area contributed by atoms with Crippen LogP contribution in [0.25, 0.3) is 0 Å². The minimum absolute atomic E-state index is 0.247. The van der Waals surface area contributed by atoms with Gasteiger partial charge in [-0.15, -0.1) is 0 Å². The molecule has 1 saturated heterocycles. The van der Waals surface area contributed by atoms with Gasteiger partial charge in [-0.25, -0.2) is 9.18 Å². The molecular weight excluding hydrogens is 362 g/mol. The maximum atomic E-state index is 13.0. The molecule has 8 heteroatoms. The first-order valence-corrected chi connectivity index (χ1v) is 8.52. The summed E-state index contributed by atoms with van der Waals surface area (Å²) in [5.74, 6) is -0.292. The number of nitrogens with one attached hydrogen (secondary N) is 1. The number of carbonyl (C=O) groups excluding carboxylic acids is 1. The Morgan fingerprint density at radius 2 is 1.59 bits per heavy atom. The summed E-state index contributed by atoms with van der Waals surface area (Å²) in [4.78, 5) is 15.9. The standard InChI is InChI=1S/C19H19F4N3O/c20-15-7-5-14(6-8-15)13-25-9-11-26(12-10-25)18(27)24-17-4-2-1-3-16(17)19(21,22)23/h1-8H,9-13H2,(H,24,27). The number of hydrogen-bond acceptors (Lipinski definition) is 2. The van der Waals surface area contributed by atoms with Gasteiger partial charge < -0.3 is 10.2 Å². The minimum atomic E-state index is -4.53. The molecule has 4 nitrogen and oxygen atoms in total. The molecule has 2 aromatic rings. The summed E-state index contributed by atoms with van der Waals surface area (Å²) in [7, 11) is 0. The van der Waals surface area contributed by atoms with Gasteiger partial charge in [0, 0.05) is 32.7 Å². The van der Waals surface area contributed by atoms with Crippen LogP contribution >= 0.6 is 0 Å². The quantitative estimate of drug-likeness (QED) is 0.809. The van der Waals surface area contributed by atoms with E-state index >= 15 is 0 Å². The third-order valence-electron chi connectivity index (χ3n) is 4.45. The molecule has 144 valence electrons. The van der Waals surface area contributed by atoms with E-state index in [2.05, 4.69) is 10.2 Å². The lowest BCUT2D eigenvalue weighted by atomic mass is 10.1. The fourth-order valence-corrected chi connectivity index (χ4v) is 2.99. The SMILES string of the molecule is O=C(Nc1ccccc1C(F)(F)F)N1CCN(Cc2ccc(F)cc2)CC1. The van der Waals surface area contributed by atoms with Gasteiger partial charge in [-0.2, -0.15) is 13.2 Å². The number of hydrogen-bond donors (Lipinski definition) is 1. The van der Waals surface area contributed by atoms with Gasteiger partial charge in [-0.05, 0) is 29.8 Å². The lowest BCUT2D eigenvalue weighted by Gasteiger charge is -2.34. The van der Waals surface area contributed by atoms with Crippen molar-refractivity contribution in [1.29, 1.82) is 0 Å². The van der Waals surface area contributed by atoms with E-state index in [4.69, 9.17) is 0 Å². The highest BCUT2D eigenvalue weighted by molar-refractivity contribution is 5.90. The number of urea groups is 1. The van der Waals surface area contributed by atoms with Gasteiger partial charge in [0.1, 0.15) is 5.82 Å². The minimum Gasteiger partial charge on any atom is -0.322 e. The summed E-state index contributed by atoms with van der Waals surface area (Å²) in [6.07, 6.45) is -4.53. The summed E-state index contributed by atoms with van der Waals surface area (Å²) >= 11 is 0. The van der Waals surface area contributed by atoms with Crippen molar-refractivity contribution < 1.29 is 22.4 Å². The van der Waals surface area contributed by atoms with E-state index < -0.39 is 17.8 Å². The number of alkyl halides is 3. The van der Waals surface area contributed by atoms with E-state index in [0.717, 1.165) is 11.6 Å². The number of nitrogens with zero attached hydrogens (tertiary/aromatic N) is 2. The molecule has 0 atom stereocenters. The van der Waals surface area contributed by atoms with Crippen LogP contribution < -0.4 is 5.32 Å². The maximum Gasteiger partial charge on any atom is 0.418 e. The van der Waals surface area contributed by atoms with Crippen LogP contribution in [0.1, 0.15) is 11.1 Å². The lowest BCUT2D eigenvalue weighted by Crippen LogP contribution is -2.49. The van der Waals surface area contributed by atoms with Gasteiger partial charge in [0.25, 0.3) is 0 Å². The van der Waals surface area contributed by atoms with Gasteiger partial charge in [0.2, 0.25) is 0 Å². The van der Waals surface area contributed by atoms with Crippen molar-refractivity contribution >= 4 is 11.7 Å². The van der Waals surface area contributed by atoms with Crippen LogP contribution in [-0.2, 0) is 12.7 Å². The highest BCUT2D eigenvalue weighted by Crippen LogP contribution is 2.34. The molecule has 0 unspecified atom stereocenters. The number of benzene rings is 2. The van der Waals surface area contributed by atoms with Crippen molar-refractivity contribution in [2.75, 3.05) is 31.5 Å². The van der Waals surface area contributed by atoms with Crippen LogP contribution in [0.5, 0.6) is 0 Å². The first-order valence-electron chi connectivity index (χ1n) is 8.52. The van der Waals surface area contributed by atoms with E-state index in [0.29, 0.717) is 32.7 Å². The van der Waals surface area contributed by atoms with Crippen molar-refractivity contribution in [3.05, 3.63) is 65.5 Å². The molecule has 27 heavy (non-hydrogen) atoms.